The van der Waals surface area contributed by atoms with Gasteiger partial charge in [0.05, 0.1) is 6.54 Å². The molecule has 0 aromatic rings. The highest BCUT2D eigenvalue weighted by molar-refractivity contribution is 8.13. The lowest BCUT2D eigenvalue weighted by Crippen LogP contribution is -2.19. The van der Waals surface area contributed by atoms with Gasteiger partial charge >= 0.3 is 0 Å². The Labute approximate surface area is 71.1 Å². The van der Waals surface area contributed by atoms with Gasteiger partial charge in [0.1, 0.15) is 0 Å². The summed E-state index contributed by atoms with van der Waals surface area (Å²) in [5.41, 5.74) is 5.43. The third-order valence-electron chi connectivity index (χ3n) is 1.13. The fourth-order valence-electron chi connectivity index (χ4n) is 0.474. The molecule has 0 saturated heterocycles. The van der Waals surface area contributed by atoms with Crippen LogP contribution in [-0.4, -0.2) is 38.5 Å². The first kappa shape index (κ1) is 10.7. The van der Waals surface area contributed by atoms with Crippen LogP contribution in [-0.2, 0) is 9.47 Å². The largest absolute Gasteiger partial charge is 0.379 e. The first-order chi connectivity index (χ1) is 5.24. The molecule has 0 aliphatic carbocycles. The minimum Gasteiger partial charge on any atom is -0.379 e. The molecule has 0 aliphatic rings. The van der Waals surface area contributed by atoms with Gasteiger partial charge in [-0.25, -0.2) is 0 Å². The first-order valence-corrected chi connectivity index (χ1v) is 4.36. The van der Waals surface area contributed by atoms with Gasteiger partial charge in [0.15, 0.2) is 11.5 Å². The van der Waals surface area contributed by atoms with Crippen molar-refractivity contribution in [2.75, 3.05) is 27.0 Å². The quantitative estimate of drug-likeness (QED) is 0.382. The second kappa shape index (κ2) is 6.45. The van der Waals surface area contributed by atoms with Crippen molar-refractivity contribution in [3.8, 4) is 0 Å². The zero-order valence-corrected chi connectivity index (χ0v) is 7.85. The number of thioether (sulfide) groups is 1. The smallest absolute Gasteiger partial charge is 0.176 e. The van der Waals surface area contributed by atoms with Gasteiger partial charge in [0.2, 0.25) is 0 Å². The molecule has 0 heterocycles. The maximum atomic E-state index is 5.43. The van der Waals surface area contributed by atoms with Gasteiger partial charge in [-0.3, -0.25) is 4.99 Å². The van der Waals surface area contributed by atoms with E-state index in [-0.39, 0.29) is 6.29 Å². The van der Waals surface area contributed by atoms with E-state index in [2.05, 4.69) is 4.99 Å². The van der Waals surface area contributed by atoms with Gasteiger partial charge in [-0.1, -0.05) is 11.8 Å². The molecule has 2 N–H and O–H groups in total. The average molecular weight is 178 g/mol. The normalized spacial score (nSPS) is 12.5. The Bertz CT molecular complexity index is 126. The summed E-state index contributed by atoms with van der Waals surface area (Å²) in [4.78, 5) is 3.99. The number of ether oxygens (including phenoxy) is 2. The van der Waals surface area contributed by atoms with E-state index in [1.165, 1.54) is 11.8 Å². The van der Waals surface area contributed by atoms with Crippen molar-refractivity contribution >= 4 is 16.9 Å². The van der Waals surface area contributed by atoms with E-state index in [1.54, 1.807) is 14.2 Å². The number of nitrogens with two attached hydrogens (primary N) is 1. The summed E-state index contributed by atoms with van der Waals surface area (Å²) in [5, 5.41) is 0.545. The number of nitrogens with zero attached hydrogens (tertiary/aromatic N) is 1. The fourth-order valence-corrected chi connectivity index (χ4v) is 0.678. The molecule has 0 bridgehead atoms. The van der Waals surface area contributed by atoms with E-state index >= 15 is 0 Å². The van der Waals surface area contributed by atoms with Crippen LogP contribution in [0.15, 0.2) is 4.99 Å². The third-order valence-corrected chi connectivity index (χ3v) is 1.68. The van der Waals surface area contributed by atoms with Crippen molar-refractivity contribution in [3.05, 3.63) is 0 Å². The van der Waals surface area contributed by atoms with Gasteiger partial charge in [0, 0.05) is 14.2 Å². The predicted octanol–water partition coefficient (Wildman–Crippen LogP) is 0.283. The molecule has 0 fully saturated rings. The van der Waals surface area contributed by atoms with E-state index in [0.717, 1.165) is 0 Å². The van der Waals surface area contributed by atoms with Crippen LogP contribution in [0.4, 0.5) is 0 Å². The summed E-state index contributed by atoms with van der Waals surface area (Å²) in [7, 11) is 3.14. The molecule has 4 nitrogen and oxygen atoms in total. The average Bonchev–Trinajstić information content (AvgIpc) is 2.06. The van der Waals surface area contributed by atoms with Crippen molar-refractivity contribution in [2.45, 2.75) is 6.29 Å². The monoisotopic (exact) mass is 178 g/mol. The lowest BCUT2D eigenvalue weighted by molar-refractivity contribution is -0.0936. The van der Waals surface area contributed by atoms with Gasteiger partial charge in [-0.2, -0.15) is 0 Å². The molecule has 0 radical (unpaired) electrons. The van der Waals surface area contributed by atoms with Crippen LogP contribution in [0, 0.1) is 0 Å². The minimum absolute atomic E-state index is 0.291. The van der Waals surface area contributed by atoms with Gasteiger partial charge in [-0.15, -0.1) is 0 Å². The van der Waals surface area contributed by atoms with Crippen molar-refractivity contribution < 1.29 is 9.47 Å². The molecule has 0 unspecified atom stereocenters. The summed E-state index contributed by atoms with van der Waals surface area (Å²) < 4.78 is 9.80. The predicted molar refractivity (Wildman–Crippen MR) is 47.8 cm³/mol. The Morgan fingerprint density at radius 1 is 1.55 bits per heavy atom. The summed E-state index contributed by atoms with van der Waals surface area (Å²) >= 11 is 1.40. The number of amidine groups is 1. The van der Waals surface area contributed by atoms with Gasteiger partial charge < -0.3 is 15.2 Å². The summed E-state index contributed by atoms with van der Waals surface area (Å²) in [6.07, 6.45) is 1.58. The molecule has 0 aromatic carbocycles. The minimum atomic E-state index is -0.291. The van der Waals surface area contributed by atoms with Crippen LogP contribution in [0.5, 0.6) is 0 Å². The Morgan fingerprint density at radius 2 is 2.09 bits per heavy atom. The molecule has 11 heavy (non-hydrogen) atoms. The summed E-state index contributed by atoms with van der Waals surface area (Å²) in [6, 6.07) is 0. The number of hydrogen-bond donors (Lipinski definition) is 1. The van der Waals surface area contributed by atoms with Crippen LogP contribution in [0.25, 0.3) is 0 Å². The van der Waals surface area contributed by atoms with Crippen molar-refractivity contribution in [2.24, 2.45) is 10.7 Å². The van der Waals surface area contributed by atoms with Gasteiger partial charge in [-0.05, 0) is 6.26 Å². The molecule has 0 atom stereocenters. The molecule has 5 heteroatoms. The molecular formula is C6H14N2O2S. The lowest BCUT2D eigenvalue weighted by Gasteiger charge is -2.09. The molecule has 0 rings (SSSR count). The Balaban J connectivity index is 3.65. The number of rotatable bonds is 4. The van der Waals surface area contributed by atoms with Crippen LogP contribution < -0.4 is 5.73 Å². The first-order valence-electron chi connectivity index (χ1n) is 3.14. The molecule has 66 valence electrons. The summed E-state index contributed by atoms with van der Waals surface area (Å²) in [5.74, 6) is 0. The lowest BCUT2D eigenvalue weighted by atomic mass is 10.6. The second-order valence-corrected chi connectivity index (χ2v) is 2.61. The Hall–Kier alpha value is -0.260. The van der Waals surface area contributed by atoms with Crippen molar-refractivity contribution in [3.63, 3.8) is 0 Å². The zero-order valence-electron chi connectivity index (χ0n) is 7.03. The standard InChI is InChI=1S/C6H14N2O2S/c1-9-5(10-2)4-8-6(7)11-3/h5H,4H2,1-3H3,(H2,7,8). The third kappa shape index (κ3) is 5.06. The maximum Gasteiger partial charge on any atom is 0.176 e. The van der Waals surface area contributed by atoms with Crippen molar-refractivity contribution in [1.82, 2.24) is 0 Å². The molecular weight excluding hydrogens is 164 g/mol. The molecule has 0 amide bonds. The number of methoxy groups -OCH3 is 2. The van der Waals surface area contributed by atoms with E-state index in [9.17, 15) is 0 Å². The molecule has 0 aliphatic heterocycles. The van der Waals surface area contributed by atoms with Crippen LogP contribution >= 0.6 is 11.8 Å². The van der Waals surface area contributed by atoms with E-state index in [4.69, 9.17) is 15.2 Å². The number of aliphatic imine (C=N–C) groups is 1. The fraction of sp³-hybridized carbons (Fsp3) is 0.833. The van der Waals surface area contributed by atoms with E-state index < -0.39 is 0 Å². The van der Waals surface area contributed by atoms with Gasteiger partial charge in [0.25, 0.3) is 0 Å². The van der Waals surface area contributed by atoms with E-state index in [0.29, 0.717) is 11.7 Å². The molecule has 0 saturated carbocycles. The van der Waals surface area contributed by atoms with Crippen molar-refractivity contribution in [1.29, 1.82) is 0 Å². The number of hydrogen-bond acceptors (Lipinski definition) is 4. The zero-order chi connectivity index (χ0) is 8.69. The Morgan fingerprint density at radius 3 is 2.45 bits per heavy atom. The second-order valence-electron chi connectivity index (χ2n) is 1.78. The highest BCUT2D eigenvalue weighted by Gasteiger charge is 2.02. The molecule has 0 aromatic heterocycles. The maximum absolute atomic E-state index is 5.43. The summed E-state index contributed by atoms with van der Waals surface area (Å²) in [6.45, 7) is 0.444. The van der Waals surface area contributed by atoms with Crippen LogP contribution in [0.1, 0.15) is 0 Å². The Kier molecular flexibility index (Phi) is 6.30. The highest BCUT2D eigenvalue weighted by Crippen LogP contribution is 1.95. The van der Waals surface area contributed by atoms with Crippen LogP contribution in [0.2, 0.25) is 0 Å². The highest BCUT2D eigenvalue weighted by atomic mass is 32.2. The molecule has 0 spiro atoms. The van der Waals surface area contributed by atoms with Crippen LogP contribution in [0.3, 0.4) is 0 Å². The topological polar surface area (TPSA) is 56.8 Å². The SMILES string of the molecule is COC(CN=C(N)SC)OC. The van der Waals surface area contributed by atoms with E-state index in [1.807, 2.05) is 6.26 Å².